The molecule has 15 heavy (non-hydrogen) atoms. The molecule has 2 fully saturated rings. The lowest BCUT2D eigenvalue weighted by Crippen LogP contribution is -2.42. The van der Waals surface area contributed by atoms with Crippen LogP contribution in [-0.4, -0.2) is 29.7 Å². The first-order valence-electron chi connectivity index (χ1n) is 5.36. The van der Waals surface area contributed by atoms with Gasteiger partial charge in [0.05, 0.1) is 12.2 Å². The van der Waals surface area contributed by atoms with Crippen LogP contribution in [0.5, 0.6) is 0 Å². The van der Waals surface area contributed by atoms with Crippen molar-refractivity contribution in [3.63, 3.8) is 0 Å². The molecule has 0 saturated carbocycles. The second-order valence-corrected chi connectivity index (χ2v) is 5.11. The van der Waals surface area contributed by atoms with Crippen LogP contribution in [0.4, 0.5) is 10.8 Å². The maximum absolute atomic E-state index is 5.81. The molecule has 2 aliphatic rings. The third-order valence-corrected chi connectivity index (χ3v) is 4.29. The molecule has 4 nitrogen and oxygen atoms in total. The molecule has 2 unspecified atom stereocenters. The van der Waals surface area contributed by atoms with E-state index >= 15 is 0 Å². The maximum Gasteiger partial charge on any atom is 0.142 e. The standard InChI is InChI=1S/C10H15N3OS/c1-6-9(11)12-15-10(6)13-4-7-2-3-8(5-13)14-7/h7-8H,2-5H2,1H3,(H2,11,12). The van der Waals surface area contributed by atoms with Crippen LogP contribution in [0.25, 0.3) is 0 Å². The minimum atomic E-state index is 0.423. The Hall–Kier alpha value is -0.810. The summed E-state index contributed by atoms with van der Waals surface area (Å²) in [6.07, 6.45) is 3.25. The highest BCUT2D eigenvalue weighted by atomic mass is 32.1. The van der Waals surface area contributed by atoms with Crippen molar-refractivity contribution in [3.05, 3.63) is 5.56 Å². The molecule has 1 aromatic heterocycles. The van der Waals surface area contributed by atoms with Crippen LogP contribution in [0.1, 0.15) is 18.4 Å². The van der Waals surface area contributed by atoms with E-state index in [4.69, 9.17) is 10.5 Å². The molecule has 3 heterocycles. The fraction of sp³-hybridized carbons (Fsp3) is 0.700. The van der Waals surface area contributed by atoms with E-state index in [1.165, 1.54) is 29.4 Å². The number of morpholine rings is 1. The van der Waals surface area contributed by atoms with Crippen LogP contribution < -0.4 is 10.6 Å². The summed E-state index contributed by atoms with van der Waals surface area (Å²) in [6.45, 7) is 4.05. The summed E-state index contributed by atoms with van der Waals surface area (Å²) in [7, 11) is 0. The van der Waals surface area contributed by atoms with Crippen LogP contribution >= 0.6 is 11.5 Å². The van der Waals surface area contributed by atoms with Crippen molar-refractivity contribution < 1.29 is 4.74 Å². The predicted molar refractivity (Wildman–Crippen MR) is 61.4 cm³/mol. The summed E-state index contributed by atoms with van der Waals surface area (Å²) in [5.41, 5.74) is 6.90. The van der Waals surface area contributed by atoms with Crippen molar-refractivity contribution in [3.8, 4) is 0 Å². The van der Waals surface area contributed by atoms with Gasteiger partial charge in [0.15, 0.2) is 0 Å². The lowest BCUT2D eigenvalue weighted by molar-refractivity contribution is 0.0307. The minimum absolute atomic E-state index is 0.423. The molecule has 3 rings (SSSR count). The molecule has 2 saturated heterocycles. The Bertz CT molecular complexity index is 367. The van der Waals surface area contributed by atoms with Gasteiger partial charge in [-0.15, -0.1) is 0 Å². The molecule has 0 aromatic carbocycles. The van der Waals surface area contributed by atoms with Gasteiger partial charge in [-0.2, -0.15) is 4.37 Å². The summed E-state index contributed by atoms with van der Waals surface area (Å²) in [6, 6.07) is 0. The van der Waals surface area contributed by atoms with Gasteiger partial charge in [-0.05, 0) is 31.3 Å². The molecule has 0 spiro atoms. The van der Waals surface area contributed by atoms with Crippen LogP contribution in [-0.2, 0) is 4.74 Å². The van der Waals surface area contributed by atoms with E-state index in [0.717, 1.165) is 18.7 Å². The first-order chi connectivity index (χ1) is 7.24. The number of nitrogens with two attached hydrogens (primary N) is 1. The monoisotopic (exact) mass is 225 g/mol. The zero-order valence-corrected chi connectivity index (χ0v) is 9.59. The summed E-state index contributed by atoms with van der Waals surface area (Å²) >= 11 is 1.51. The Balaban J connectivity index is 1.86. The zero-order chi connectivity index (χ0) is 10.4. The largest absolute Gasteiger partial charge is 0.383 e. The molecular weight excluding hydrogens is 210 g/mol. The average molecular weight is 225 g/mol. The Morgan fingerprint density at radius 1 is 1.40 bits per heavy atom. The summed E-state index contributed by atoms with van der Waals surface area (Å²) in [4.78, 5) is 2.38. The van der Waals surface area contributed by atoms with Gasteiger partial charge in [0.25, 0.3) is 0 Å². The molecule has 2 bridgehead atoms. The Labute approximate surface area is 93.2 Å². The van der Waals surface area contributed by atoms with E-state index in [1.54, 1.807) is 0 Å². The van der Waals surface area contributed by atoms with Gasteiger partial charge in [-0.3, -0.25) is 0 Å². The molecule has 82 valence electrons. The first-order valence-corrected chi connectivity index (χ1v) is 6.13. The molecule has 2 N–H and O–H groups in total. The number of anilines is 2. The lowest BCUT2D eigenvalue weighted by Gasteiger charge is -2.32. The van der Waals surface area contributed by atoms with Gasteiger partial charge in [-0.25, -0.2) is 0 Å². The Morgan fingerprint density at radius 2 is 2.07 bits per heavy atom. The van der Waals surface area contributed by atoms with Crippen molar-refractivity contribution in [2.45, 2.75) is 32.0 Å². The number of nitrogens with zero attached hydrogens (tertiary/aromatic N) is 2. The van der Waals surface area contributed by atoms with Crippen molar-refractivity contribution in [1.82, 2.24) is 4.37 Å². The number of nitrogen functional groups attached to an aromatic ring is 1. The smallest absolute Gasteiger partial charge is 0.142 e. The molecule has 5 heteroatoms. The van der Waals surface area contributed by atoms with E-state index in [0.29, 0.717) is 18.0 Å². The fourth-order valence-corrected chi connectivity index (χ4v) is 3.24. The fourth-order valence-electron chi connectivity index (χ4n) is 2.41. The Kier molecular flexibility index (Phi) is 2.10. The van der Waals surface area contributed by atoms with Gasteiger partial charge in [0, 0.05) is 18.7 Å². The SMILES string of the molecule is Cc1c(N)nsc1N1CC2CCC(C1)O2. The molecule has 2 atom stereocenters. The maximum atomic E-state index is 5.81. The van der Waals surface area contributed by atoms with Gasteiger partial charge in [0.1, 0.15) is 10.8 Å². The van der Waals surface area contributed by atoms with Gasteiger partial charge in [-0.1, -0.05) is 0 Å². The van der Waals surface area contributed by atoms with E-state index in [9.17, 15) is 0 Å². The van der Waals surface area contributed by atoms with Gasteiger partial charge < -0.3 is 15.4 Å². The number of ether oxygens (including phenoxy) is 1. The van der Waals surface area contributed by atoms with Crippen LogP contribution in [0.3, 0.4) is 0 Å². The molecule has 0 radical (unpaired) electrons. The van der Waals surface area contributed by atoms with Crippen molar-refractivity contribution in [1.29, 1.82) is 0 Å². The lowest BCUT2D eigenvalue weighted by atomic mass is 10.2. The third kappa shape index (κ3) is 1.50. The van der Waals surface area contributed by atoms with E-state index in [-0.39, 0.29) is 0 Å². The predicted octanol–water partition coefficient (Wildman–Crippen LogP) is 1.40. The number of rotatable bonds is 1. The topological polar surface area (TPSA) is 51.4 Å². The Morgan fingerprint density at radius 3 is 2.60 bits per heavy atom. The van der Waals surface area contributed by atoms with Gasteiger partial charge >= 0.3 is 0 Å². The normalized spacial score (nSPS) is 29.8. The quantitative estimate of drug-likeness (QED) is 0.785. The highest BCUT2D eigenvalue weighted by molar-refractivity contribution is 7.10. The summed E-state index contributed by atoms with van der Waals surface area (Å²) < 4.78 is 10.0. The minimum Gasteiger partial charge on any atom is -0.383 e. The van der Waals surface area contributed by atoms with Crippen LogP contribution in [0, 0.1) is 6.92 Å². The first kappa shape index (κ1) is 9.42. The van der Waals surface area contributed by atoms with Crippen molar-refractivity contribution >= 4 is 22.4 Å². The van der Waals surface area contributed by atoms with Crippen LogP contribution in [0.15, 0.2) is 0 Å². The van der Waals surface area contributed by atoms with E-state index in [2.05, 4.69) is 9.27 Å². The number of hydrogen-bond acceptors (Lipinski definition) is 5. The molecule has 1 aromatic rings. The highest BCUT2D eigenvalue weighted by Gasteiger charge is 2.34. The highest BCUT2D eigenvalue weighted by Crippen LogP contribution is 2.35. The summed E-state index contributed by atoms with van der Waals surface area (Å²) in [5, 5.41) is 1.23. The number of fused-ring (bicyclic) bond motifs is 2. The number of aromatic nitrogens is 1. The summed E-state index contributed by atoms with van der Waals surface area (Å²) in [5.74, 6) is 0.675. The molecule has 2 aliphatic heterocycles. The third-order valence-electron chi connectivity index (χ3n) is 3.27. The second kappa shape index (κ2) is 3.35. The van der Waals surface area contributed by atoms with E-state index in [1.807, 2.05) is 6.92 Å². The van der Waals surface area contributed by atoms with Crippen molar-refractivity contribution in [2.24, 2.45) is 0 Å². The second-order valence-electron chi connectivity index (χ2n) is 4.36. The average Bonchev–Trinajstić information content (AvgIpc) is 2.73. The number of hydrogen-bond donors (Lipinski definition) is 1. The van der Waals surface area contributed by atoms with E-state index < -0.39 is 0 Å². The van der Waals surface area contributed by atoms with Crippen molar-refractivity contribution in [2.75, 3.05) is 23.7 Å². The molecule has 0 aliphatic carbocycles. The van der Waals surface area contributed by atoms with Crippen LogP contribution in [0.2, 0.25) is 0 Å². The molecule has 0 amide bonds. The molecular formula is C10H15N3OS. The van der Waals surface area contributed by atoms with Gasteiger partial charge in [0.2, 0.25) is 0 Å². The zero-order valence-electron chi connectivity index (χ0n) is 8.77.